The first-order chi connectivity index (χ1) is 7.74. The van der Waals surface area contributed by atoms with Gasteiger partial charge in [-0.1, -0.05) is 30.3 Å². The maximum atomic E-state index is 11.2. The molecule has 0 spiro atoms. The summed E-state index contributed by atoms with van der Waals surface area (Å²) in [5.74, 6) is -0.946. The summed E-state index contributed by atoms with van der Waals surface area (Å²) in [6.07, 6.45) is 1.56. The third kappa shape index (κ3) is 1.69. The number of aryl methyl sites for hydroxylation is 1. The zero-order chi connectivity index (χ0) is 11.5. The van der Waals surface area contributed by atoms with Gasteiger partial charge in [-0.05, 0) is 6.92 Å². The smallest absolute Gasteiger partial charge is 0.354 e. The van der Waals surface area contributed by atoms with E-state index < -0.39 is 5.97 Å². The Bertz CT molecular complexity index is 503. The molecule has 1 heterocycles. The molecule has 0 unspecified atom stereocenters. The SMILES string of the molecule is CCn1cnc(-c2ccccc2)c1C(=O)O. The molecule has 1 aromatic carbocycles. The number of carbonyl (C=O) groups is 1. The van der Waals surface area contributed by atoms with Gasteiger partial charge in [-0.15, -0.1) is 0 Å². The van der Waals surface area contributed by atoms with Crippen molar-refractivity contribution in [3.8, 4) is 11.3 Å². The van der Waals surface area contributed by atoms with Crippen molar-refractivity contribution in [2.45, 2.75) is 13.5 Å². The summed E-state index contributed by atoms with van der Waals surface area (Å²) in [5.41, 5.74) is 1.59. The first-order valence-electron chi connectivity index (χ1n) is 5.08. The molecular weight excluding hydrogens is 204 g/mol. The Morgan fingerprint density at radius 2 is 2.06 bits per heavy atom. The van der Waals surface area contributed by atoms with Crippen molar-refractivity contribution < 1.29 is 9.90 Å². The van der Waals surface area contributed by atoms with Crippen molar-refractivity contribution in [1.82, 2.24) is 9.55 Å². The van der Waals surface area contributed by atoms with Crippen LogP contribution < -0.4 is 0 Å². The van der Waals surface area contributed by atoms with E-state index in [-0.39, 0.29) is 5.69 Å². The van der Waals surface area contributed by atoms with E-state index in [1.54, 1.807) is 10.9 Å². The molecule has 1 aromatic heterocycles. The van der Waals surface area contributed by atoms with Crippen LogP contribution in [0.4, 0.5) is 0 Å². The number of aromatic carboxylic acids is 1. The Hall–Kier alpha value is -2.10. The van der Waals surface area contributed by atoms with Crippen LogP contribution in [-0.2, 0) is 6.54 Å². The van der Waals surface area contributed by atoms with E-state index in [4.69, 9.17) is 5.11 Å². The van der Waals surface area contributed by atoms with Crippen LogP contribution in [0, 0.1) is 0 Å². The number of carboxylic acids is 1. The van der Waals surface area contributed by atoms with Crippen molar-refractivity contribution in [3.05, 3.63) is 42.4 Å². The van der Waals surface area contributed by atoms with Crippen LogP contribution in [-0.4, -0.2) is 20.6 Å². The molecule has 0 aliphatic heterocycles. The van der Waals surface area contributed by atoms with E-state index in [2.05, 4.69) is 4.98 Å². The Morgan fingerprint density at radius 3 is 2.62 bits per heavy atom. The number of rotatable bonds is 3. The number of aromatic nitrogens is 2. The first kappa shape index (κ1) is 10.4. The molecule has 0 aliphatic rings. The molecule has 4 heteroatoms. The second kappa shape index (κ2) is 4.18. The van der Waals surface area contributed by atoms with Gasteiger partial charge in [0.15, 0.2) is 5.69 Å². The number of hydrogen-bond acceptors (Lipinski definition) is 2. The normalized spacial score (nSPS) is 10.3. The third-order valence-electron chi connectivity index (χ3n) is 2.43. The summed E-state index contributed by atoms with van der Waals surface area (Å²) in [6.45, 7) is 2.49. The fourth-order valence-corrected chi connectivity index (χ4v) is 1.65. The summed E-state index contributed by atoms with van der Waals surface area (Å²) >= 11 is 0. The average Bonchev–Trinajstić information content (AvgIpc) is 2.73. The van der Waals surface area contributed by atoms with E-state index in [1.807, 2.05) is 37.3 Å². The number of benzene rings is 1. The van der Waals surface area contributed by atoms with Gasteiger partial charge < -0.3 is 9.67 Å². The number of nitrogens with zero attached hydrogens (tertiary/aromatic N) is 2. The Labute approximate surface area is 93.2 Å². The maximum absolute atomic E-state index is 11.2. The average molecular weight is 216 g/mol. The topological polar surface area (TPSA) is 55.1 Å². The second-order valence-electron chi connectivity index (χ2n) is 3.40. The van der Waals surface area contributed by atoms with Crippen LogP contribution >= 0.6 is 0 Å². The molecule has 16 heavy (non-hydrogen) atoms. The lowest BCUT2D eigenvalue weighted by molar-refractivity contribution is 0.0686. The predicted molar refractivity (Wildman–Crippen MR) is 60.3 cm³/mol. The molecule has 0 fully saturated rings. The summed E-state index contributed by atoms with van der Waals surface area (Å²) < 4.78 is 1.63. The number of carboxylic acid groups (broad SMARTS) is 1. The molecule has 2 aromatic rings. The largest absolute Gasteiger partial charge is 0.477 e. The molecule has 82 valence electrons. The van der Waals surface area contributed by atoms with Gasteiger partial charge in [0.2, 0.25) is 0 Å². The fourth-order valence-electron chi connectivity index (χ4n) is 1.65. The highest BCUT2D eigenvalue weighted by Crippen LogP contribution is 2.21. The molecule has 0 saturated carbocycles. The summed E-state index contributed by atoms with van der Waals surface area (Å²) in [6, 6.07) is 9.34. The molecule has 0 saturated heterocycles. The Kier molecular flexibility index (Phi) is 2.72. The van der Waals surface area contributed by atoms with Crippen molar-refractivity contribution in [1.29, 1.82) is 0 Å². The maximum Gasteiger partial charge on any atom is 0.354 e. The van der Waals surface area contributed by atoms with Crippen molar-refractivity contribution >= 4 is 5.97 Å². The lowest BCUT2D eigenvalue weighted by Gasteiger charge is -2.02. The monoisotopic (exact) mass is 216 g/mol. The third-order valence-corrected chi connectivity index (χ3v) is 2.43. The fraction of sp³-hybridized carbons (Fsp3) is 0.167. The van der Waals surface area contributed by atoms with Gasteiger partial charge in [0.25, 0.3) is 0 Å². The van der Waals surface area contributed by atoms with Gasteiger partial charge in [-0.2, -0.15) is 0 Å². The molecule has 4 nitrogen and oxygen atoms in total. The highest BCUT2D eigenvalue weighted by atomic mass is 16.4. The standard InChI is InChI=1S/C12H12N2O2/c1-2-14-8-13-10(11(14)12(15)16)9-6-4-3-5-7-9/h3-8H,2H2,1H3,(H,15,16). The highest BCUT2D eigenvalue weighted by molar-refractivity contribution is 5.93. The minimum absolute atomic E-state index is 0.244. The molecule has 0 radical (unpaired) electrons. The van der Waals surface area contributed by atoms with Crippen molar-refractivity contribution in [3.63, 3.8) is 0 Å². The summed E-state index contributed by atoms with van der Waals surface area (Å²) in [7, 11) is 0. The van der Waals surface area contributed by atoms with E-state index in [0.717, 1.165) is 5.56 Å². The van der Waals surface area contributed by atoms with Crippen LogP contribution in [0.15, 0.2) is 36.7 Å². The Balaban J connectivity index is 2.58. The zero-order valence-corrected chi connectivity index (χ0v) is 8.92. The predicted octanol–water partition coefficient (Wildman–Crippen LogP) is 2.27. The van der Waals surface area contributed by atoms with E-state index in [9.17, 15) is 4.79 Å². The van der Waals surface area contributed by atoms with E-state index in [0.29, 0.717) is 12.2 Å². The Morgan fingerprint density at radius 1 is 1.38 bits per heavy atom. The summed E-state index contributed by atoms with van der Waals surface area (Å²) in [4.78, 5) is 15.3. The van der Waals surface area contributed by atoms with Gasteiger partial charge in [0.05, 0.1) is 6.33 Å². The van der Waals surface area contributed by atoms with Crippen LogP contribution in [0.3, 0.4) is 0 Å². The number of hydrogen-bond donors (Lipinski definition) is 1. The van der Waals surface area contributed by atoms with Crippen molar-refractivity contribution in [2.75, 3.05) is 0 Å². The molecule has 0 bridgehead atoms. The van der Waals surface area contributed by atoms with Gasteiger partial charge in [0, 0.05) is 12.1 Å². The van der Waals surface area contributed by atoms with Gasteiger partial charge in [0.1, 0.15) is 5.69 Å². The van der Waals surface area contributed by atoms with Gasteiger partial charge in [-0.25, -0.2) is 9.78 Å². The lowest BCUT2D eigenvalue weighted by atomic mass is 10.1. The van der Waals surface area contributed by atoms with Crippen LogP contribution in [0.1, 0.15) is 17.4 Å². The molecular formula is C12H12N2O2. The molecule has 1 N–H and O–H groups in total. The zero-order valence-electron chi connectivity index (χ0n) is 8.92. The second-order valence-corrected chi connectivity index (χ2v) is 3.40. The molecule has 2 rings (SSSR count). The first-order valence-corrected chi connectivity index (χ1v) is 5.08. The van der Waals surface area contributed by atoms with E-state index >= 15 is 0 Å². The van der Waals surface area contributed by atoms with Gasteiger partial charge in [-0.3, -0.25) is 0 Å². The lowest BCUT2D eigenvalue weighted by Crippen LogP contribution is -2.07. The van der Waals surface area contributed by atoms with Crippen molar-refractivity contribution in [2.24, 2.45) is 0 Å². The molecule has 0 aliphatic carbocycles. The summed E-state index contributed by atoms with van der Waals surface area (Å²) in [5, 5.41) is 9.17. The molecule has 0 atom stereocenters. The highest BCUT2D eigenvalue weighted by Gasteiger charge is 2.17. The quantitative estimate of drug-likeness (QED) is 0.856. The van der Waals surface area contributed by atoms with E-state index in [1.165, 1.54) is 0 Å². The molecule has 0 amide bonds. The van der Waals surface area contributed by atoms with Crippen LogP contribution in [0.5, 0.6) is 0 Å². The minimum atomic E-state index is -0.946. The number of imidazole rings is 1. The van der Waals surface area contributed by atoms with Crippen LogP contribution in [0.25, 0.3) is 11.3 Å². The van der Waals surface area contributed by atoms with Gasteiger partial charge >= 0.3 is 5.97 Å². The van der Waals surface area contributed by atoms with Crippen LogP contribution in [0.2, 0.25) is 0 Å². The minimum Gasteiger partial charge on any atom is -0.477 e.